The van der Waals surface area contributed by atoms with Crippen molar-refractivity contribution in [2.45, 2.75) is 36.7 Å². The molecule has 170 valence electrons. The summed E-state index contributed by atoms with van der Waals surface area (Å²) in [5.41, 5.74) is 2.55. The van der Waals surface area contributed by atoms with Gasteiger partial charge in [0.25, 0.3) is 0 Å². The van der Waals surface area contributed by atoms with Crippen molar-refractivity contribution in [2.75, 3.05) is 5.32 Å². The molecule has 2 aromatic carbocycles. The number of rotatable bonds is 6. The number of thiophene rings is 1. The van der Waals surface area contributed by atoms with Crippen LogP contribution in [-0.4, -0.2) is 20.4 Å². The molecule has 0 bridgehead atoms. The molecule has 1 amide bonds. The van der Waals surface area contributed by atoms with Crippen molar-refractivity contribution in [1.29, 1.82) is 5.26 Å². The molecule has 1 unspecified atom stereocenters. The number of sulfonamides is 1. The van der Waals surface area contributed by atoms with E-state index in [0.717, 1.165) is 10.4 Å². The van der Waals surface area contributed by atoms with Gasteiger partial charge in [-0.3, -0.25) is 4.79 Å². The van der Waals surface area contributed by atoms with Crippen molar-refractivity contribution in [1.82, 2.24) is 5.32 Å². The van der Waals surface area contributed by atoms with Crippen molar-refractivity contribution < 1.29 is 17.6 Å². The monoisotopic (exact) mass is 484 g/mol. The number of halogens is 1. The smallest absolute Gasteiger partial charge is 0.238 e. The molecule has 1 aliphatic rings. The first-order valence-corrected chi connectivity index (χ1v) is 12.5. The Kier molecular flexibility index (Phi) is 6.58. The van der Waals surface area contributed by atoms with Crippen molar-refractivity contribution in [3.63, 3.8) is 0 Å². The van der Waals surface area contributed by atoms with Gasteiger partial charge in [0.1, 0.15) is 16.9 Å². The zero-order chi connectivity index (χ0) is 23.6. The van der Waals surface area contributed by atoms with Gasteiger partial charge in [0.15, 0.2) is 0 Å². The van der Waals surface area contributed by atoms with Crippen molar-refractivity contribution >= 4 is 32.3 Å². The van der Waals surface area contributed by atoms with E-state index >= 15 is 0 Å². The molecule has 0 aliphatic carbocycles. The number of nitrogens with zero attached hydrogens (tertiary/aromatic N) is 1. The van der Waals surface area contributed by atoms with Crippen LogP contribution < -0.4 is 15.8 Å². The van der Waals surface area contributed by atoms with Gasteiger partial charge in [0.2, 0.25) is 15.9 Å². The number of anilines is 1. The molecular formula is C23H21FN4O3S2. The van der Waals surface area contributed by atoms with E-state index in [1.807, 2.05) is 6.07 Å². The normalized spacial score (nSPS) is 15.5. The maximum absolute atomic E-state index is 14.0. The Morgan fingerprint density at radius 1 is 1.24 bits per heavy atom. The minimum atomic E-state index is -3.80. The van der Waals surface area contributed by atoms with E-state index in [2.05, 4.69) is 16.7 Å². The summed E-state index contributed by atoms with van der Waals surface area (Å²) in [5.74, 6) is -0.552. The number of nitrogens with one attached hydrogen (secondary N) is 2. The van der Waals surface area contributed by atoms with Gasteiger partial charge in [-0.25, -0.2) is 17.9 Å². The molecule has 3 aromatic rings. The molecule has 0 saturated heterocycles. The number of nitriles is 1. The number of carbonyl (C=O) groups is 1. The topological polar surface area (TPSA) is 125 Å². The summed E-state index contributed by atoms with van der Waals surface area (Å²) >= 11 is 1.37. The van der Waals surface area contributed by atoms with Crippen LogP contribution in [0, 0.1) is 17.1 Å². The molecule has 1 aromatic heterocycles. The highest BCUT2D eigenvalue weighted by atomic mass is 32.2. The second-order valence-electron chi connectivity index (χ2n) is 7.81. The Morgan fingerprint density at radius 2 is 1.97 bits per heavy atom. The van der Waals surface area contributed by atoms with E-state index < -0.39 is 10.0 Å². The summed E-state index contributed by atoms with van der Waals surface area (Å²) in [6.45, 7) is 0.471. The molecule has 1 atom stereocenters. The van der Waals surface area contributed by atoms with Gasteiger partial charge in [-0.1, -0.05) is 30.3 Å². The molecule has 4 rings (SSSR count). The number of fused-ring (bicyclic) bond motifs is 1. The lowest BCUT2D eigenvalue weighted by atomic mass is 9.96. The fraction of sp³-hybridized carbons (Fsp3) is 0.217. The number of amides is 1. The highest BCUT2D eigenvalue weighted by molar-refractivity contribution is 7.89. The van der Waals surface area contributed by atoms with Crippen LogP contribution in [0.15, 0.2) is 53.4 Å². The third-order valence-electron chi connectivity index (χ3n) is 5.50. The Bertz CT molecular complexity index is 1350. The number of carbonyl (C=O) groups excluding carboxylic acids is 1. The summed E-state index contributed by atoms with van der Waals surface area (Å²) in [5, 5.41) is 21.4. The quantitative estimate of drug-likeness (QED) is 0.496. The van der Waals surface area contributed by atoms with Gasteiger partial charge in [0, 0.05) is 17.5 Å². The predicted octanol–water partition coefficient (Wildman–Crippen LogP) is 2.84. The lowest BCUT2D eigenvalue weighted by molar-refractivity contribution is -0.115. The molecule has 0 saturated carbocycles. The Balaban J connectivity index is 1.45. The summed E-state index contributed by atoms with van der Waals surface area (Å²) in [4.78, 5) is 13.5. The third-order valence-corrected chi connectivity index (χ3v) is 7.59. The largest absolute Gasteiger partial charge is 0.316 e. The van der Waals surface area contributed by atoms with E-state index in [1.54, 1.807) is 12.1 Å². The fourth-order valence-corrected chi connectivity index (χ4v) is 5.62. The zero-order valence-electron chi connectivity index (χ0n) is 17.5. The van der Waals surface area contributed by atoms with Crippen molar-refractivity contribution in [2.24, 2.45) is 5.14 Å². The maximum atomic E-state index is 14.0. The molecule has 0 spiro atoms. The molecule has 33 heavy (non-hydrogen) atoms. The van der Waals surface area contributed by atoms with Crippen LogP contribution in [0.1, 0.15) is 27.1 Å². The number of nitrogens with two attached hydrogens (primary N) is 1. The molecule has 0 fully saturated rings. The fourth-order valence-electron chi connectivity index (χ4n) is 3.84. The second-order valence-corrected chi connectivity index (χ2v) is 10.5. The average Bonchev–Trinajstić information content (AvgIpc) is 3.11. The number of primary sulfonamides is 1. The number of hydrogen-bond acceptors (Lipinski definition) is 6. The molecule has 1 aliphatic heterocycles. The first-order valence-electron chi connectivity index (χ1n) is 10.2. The lowest BCUT2D eigenvalue weighted by Crippen LogP contribution is -2.36. The first kappa shape index (κ1) is 23.1. The highest BCUT2D eigenvalue weighted by Crippen LogP contribution is 2.36. The minimum absolute atomic E-state index is 0.0203. The van der Waals surface area contributed by atoms with Gasteiger partial charge >= 0.3 is 0 Å². The van der Waals surface area contributed by atoms with E-state index in [-0.39, 0.29) is 29.1 Å². The Hall–Kier alpha value is -3.10. The second kappa shape index (κ2) is 9.41. The summed E-state index contributed by atoms with van der Waals surface area (Å²) in [6.07, 6.45) is 1.18. The summed E-state index contributed by atoms with van der Waals surface area (Å²) in [6, 6.07) is 14.7. The van der Waals surface area contributed by atoms with Crippen LogP contribution in [0.2, 0.25) is 0 Å². The molecule has 4 N–H and O–H groups in total. The van der Waals surface area contributed by atoms with Gasteiger partial charge in [-0.2, -0.15) is 5.26 Å². The van der Waals surface area contributed by atoms with Gasteiger partial charge in [-0.15, -0.1) is 11.3 Å². The Labute approximate surface area is 195 Å². The predicted molar refractivity (Wildman–Crippen MR) is 124 cm³/mol. The van der Waals surface area contributed by atoms with E-state index in [0.29, 0.717) is 41.1 Å². The van der Waals surface area contributed by atoms with E-state index in [4.69, 9.17) is 5.14 Å². The van der Waals surface area contributed by atoms with E-state index in [9.17, 15) is 22.9 Å². The molecule has 10 heteroatoms. The van der Waals surface area contributed by atoms with Crippen molar-refractivity contribution in [3.05, 3.63) is 81.5 Å². The van der Waals surface area contributed by atoms with Crippen molar-refractivity contribution in [3.8, 4) is 6.07 Å². The molecule has 7 nitrogen and oxygen atoms in total. The molecular weight excluding hydrogens is 463 g/mol. The summed E-state index contributed by atoms with van der Waals surface area (Å²) < 4.78 is 36.7. The van der Waals surface area contributed by atoms with Crippen LogP contribution in [0.5, 0.6) is 0 Å². The van der Waals surface area contributed by atoms with Crippen LogP contribution in [0.25, 0.3) is 0 Å². The summed E-state index contributed by atoms with van der Waals surface area (Å²) in [7, 11) is -3.80. The Morgan fingerprint density at radius 3 is 2.64 bits per heavy atom. The van der Waals surface area contributed by atoms with Gasteiger partial charge in [-0.05, 0) is 47.7 Å². The van der Waals surface area contributed by atoms with Gasteiger partial charge in [0.05, 0.1) is 16.9 Å². The van der Waals surface area contributed by atoms with Crippen LogP contribution in [-0.2, 0) is 40.6 Å². The van der Waals surface area contributed by atoms with Crippen LogP contribution in [0.3, 0.4) is 0 Å². The minimum Gasteiger partial charge on any atom is -0.316 e. The first-order chi connectivity index (χ1) is 15.7. The van der Waals surface area contributed by atoms with Crippen LogP contribution >= 0.6 is 11.3 Å². The zero-order valence-corrected chi connectivity index (χ0v) is 19.1. The number of benzene rings is 2. The molecule has 0 radical (unpaired) electrons. The molecule has 2 heterocycles. The van der Waals surface area contributed by atoms with Gasteiger partial charge < -0.3 is 10.6 Å². The highest BCUT2D eigenvalue weighted by Gasteiger charge is 2.26. The standard InChI is InChI=1S/C23H21FN4O3S2/c24-20-4-2-1-3-15(20)10-16-11-21-19(13-27-16)18(12-25)23(32-21)28-22(29)9-14-5-7-17(8-6-14)33(26,30)31/h1-8,16,27H,9-11,13H2,(H,28,29)(H2,26,30,31). The lowest BCUT2D eigenvalue weighted by Gasteiger charge is -2.24. The van der Waals surface area contributed by atoms with E-state index in [1.165, 1.54) is 41.7 Å². The third kappa shape index (κ3) is 5.29. The average molecular weight is 485 g/mol. The van der Waals surface area contributed by atoms with Crippen LogP contribution in [0.4, 0.5) is 9.39 Å². The maximum Gasteiger partial charge on any atom is 0.238 e. The SMILES string of the molecule is N#Cc1c(NC(=O)Cc2ccc(S(N)(=O)=O)cc2)sc2c1CNC(Cc1ccccc1F)C2. The number of hydrogen-bond donors (Lipinski definition) is 3.